The molecule has 0 radical (unpaired) electrons. The van der Waals surface area contributed by atoms with Gasteiger partial charge < -0.3 is 5.73 Å². The zero-order chi connectivity index (χ0) is 13.9. The monoisotopic (exact) mass is 349 g/mol. The maximum Gasteiger partial charge on any atom is 0.256 e. The van der Waals surface area contributed by atoms with Crippen LogP contribution in [0, 0.1) is 0 Å². The van der Waals surface area contributed by atoms with Crippen molar-refractivity contribution in [3.8, 4) is 5.95 Å². The van der Waals surface area contributed by atoms with Crippen LogP contribution in [0.1, 0.15) is 0 Å². The molecule has 0 atom stereocenters. The molecule has 0 amide bonds. The van der Waals surface area contributed by atoms with Crippen LogP contribution in [0.4, 0.5) is 5.95 Å². The van der Waals surface area contributed by atoms with Crippen molar-refractivity contribution in [2.75, 3.05) is 5.73 Å². The minimum atomic E-state index is 0.139. The van der Waals surface area contributed by atoms with Crippen molar-refractivity contribution in [2.24, 2.45) is 0 Å². The molecule has 20 heavy (non-hydrogen) atoms. The molecule has 100 valence electrons. The lowest BCUT2D eigenvalue weighted by Gasteiger charge is -2.04. The van der Waals surface area contributed by atoms with Crippen LogP contribution in [0.3, 0.4) is 0 Å². The summed E-state index contributed by atoms with van der Waals surface area (Å²) in [6, 6.07) is 5.52. The minimum Gasteiger partial charge on any atom is -0.368 e. The lowest BCUT2D eigenvalue weighted by atomic mass is 10.5. The normalized spacial score (nSPS) is 10.7. The van der Waals surface area contributed by atoms with E-state index < -0.39 is 0 Å². The van der Waals surface area contributed by atoms with Crippen LogP contribution < -0.4 is 5.73 Å². The number of aromatic nitrogens is 6. The lowest BCUT2D eigenvalue weighted by Crippen LogP contribution is -2.07. The van der Waals surface area contributed by atoms with Gasteiger partial charge in [-0.2, -0.15) is 20.1 Å². The predicted molar refractivity (Wildman–Crippen MR) is 77.4 cm³/mol. The molecule has 0 saturated carbocycles. The molecule has 0 spiro atoms. The molecule has 0 aliphatic rings. The van der Waals surface area contributed by atoms with E-state index in [2.05, 4.69) is 41.0 Å². The van der Waals surface area contributed by atoms with Gasteiger partial charge in [0.25, 0.3) is 5.95 Å². The van der Waals surface area contributed by atoms with Gasteiger partial charge in [0.1, 0.15) is 5.03 Å². The molecule has 0 bridgehead atoms. The second-order valence-corrected chi connectivity index (χ2v) is 5.43. The summed E-state index contributed by atoms with van der Waals surface area (Å²) in [5.41, 5.74) is 5.71. The van der Waals surface area contributed by atoms with Gasteiger partial charge in [0, 0.05) is 18.6 Å². The number of hydrogen-bond donors (Lipinski definition) is 1. The zero-order valence-corrected chi connectivity index (χ0v) is 12.4. The van der Waals surface area contributed by atoms with Crippen molar-refractivity contribution in [3.05, 3.63) is 41.3 Å². The topological polar surface area (TPSA) is 95.4 Å². The summed E-state index contributed by atoms with van der Waals surface area (Å²) in [6.45, 7) is 0. The molecule has 2 N–H and O–H groups in total. The van der Waals surface area contributed by atoms with Gasteiger partial charge in [-0.3, -0.25) is 0 Å². The Morgan fingerprint density at radius 2 is 2.05 bits per heavy atom. The first kappa shape index (κ1) is 13.0. The number of nitrogen functional groups attached to an aromatic ring is 1. The minimum absolute atomic E-state index is 0.139. The first-order valence-corrected chi connectivity index (χ1v) is 7.13. The van der Waals surface area contributed by atoms with Crippen LogP contribution in [-0.2, 0) is 0 Å². The van der Waals surface area contributed by atoms with Gasteiger partial charge in [-0.15, -0.1) is 0 Å². The highest BCUT2D eigenvalue weighted by Crippen LogP contribution is 2.29. The number of nitrogens with zero attached hydrogens (tertiary/aromatic N) is 6. The van der Waals surface area contributed by atoms with Crippen molar-refractivity contribution in [2.45, 2.75) is 10.2 Å². The SMILES string of the molecule is Nc1nc(Sc2ncccc2Br)nc(-n2cccn2)n1. The van der Waals surface area contributed by atoms with Crippen molar-refractivity contribution in [1.82, 2.24) is 29.7 Å². The highest BCUT2D eigenvalue weighted by molar-refractivity contribution is 9.10. The van der Waals surface area contributed by atoms with Crippen LogP contribution in [0.25, 0.3) is 5.95 Å². The van der Waals surface area contributed by atoms with Crippen LogP contribution in [0.2, 0.25) is 0 Å². The van der Waals surface area contributed by atoms with Crippen LogP contribution >= 0.6 is 27.7 Å². The van der Waals surface area contributed by atoms with Gasteiger partial charge in [0.15, 0.2) is 0 Å². The molecule has 3 rings (SSSR count). The molecular formula is C11H8BrN7S. The predicted octanol–water partition coefficient (Wildman–Crippen LogP) is 1.95. The third-order valence-electron chi connectivity index (χ3n) is 2.24. The quantitative estimate of drug-likeness (QED) is 0.771. The summed E-state index contributed by atoms with van der Waals surface area (Å²) in [5, 5.41) is 5.28. The first-order valence-electron chi connectivity index (χ1n) is 5.52. The van der Waals surface area contributed by atoms with Crippen molar-refractivity contribution in [1.29, 1.82) is 0 Å². The van der Waals surface area contributed by atoms with E-state index >= 15 is 0 Å². The average Bonchev–Trinajstić information content (AvgIpc) is 2.95. The second-order valence-electron chi connectivity index (χ2n) is 3.62. The van der Waals surface area contributed by atoms with Gasteiger partial charge in [0.05, 0.1) is 4.47 Å². The molecule has 0 unspecified atom stereocenters. The fourth-order valence-electron chi connectivity index (χ4n) is 1.43. The third kappa shape index (κ3) is 2.78. The highest BCUT2D eigenvalue weighted by atomic mass is 79.9. The second kappa shape index (κ2) is 5.55. The van der Waals surface area contributed by atoms with E-state index in [0.717, 1.165) is 9.50 Å². The number of anilines is 1. The largest absolute Gasteiger partial charge is 0.368 e. The van der Waals surface area contributed by atoms with Gasteiger partial charge in [-0.1, -0.05) is 0 Å². The zero-order valence-electron chi connectivity index (χ0n) is 10.0. The number of hydrogen-bond acceptors (Lipinski definition) is 7. The Morgan fingerprint density at radius 3 is 2.80 bits per heavy atom. The molecular weight excluding hydrogens is 342 g/mol. The lowest BCUT2D eigenvalue weighted by molar-refractivity contribution is 0.764. The number of nitrogens with two attached hydrogens (primary N) is 1. The molecule has 3 heterocycles. The van der Waals surface area contributed by atoms with Crippen molar-refractivity contribution in [3.63, 3.8) is 0 Å². The van der Waals surface area contributed by atoms with Crippen molar-refractivity contribution >= 4 is 33.6 Å². The Labute approximate surface area is 126 Å². The Hall–Kier alpha value is -2.00. The fourth-order valence-corrected chi connectivity index (χ4v) is 2.65. The van der Waals surface area contributed by atoms with Crippen molar-refractivity contribution < 1.29 is 0 Å². The molecule has 3 aromatic heterocycles. The smallest absolute Gasteiger partial charge is 0.256 e. The van der Waals surface area contributed by atoms with Crippen LogP contribution in [0.5, 0.6) is 0 Å². The molecule has 0 aliphatic heterocycles. The number of pyridine rings is 1. The Morgan fingerprint density at radius 1 is 1.15 bits per heavy atom. The van der Waals surface area contributed by atoms with Gasteiger partial charge in [-0.25, -0.2) is 9.67 Å². The average molecular weight is 350 g/mol. The summed E-state index contributed by atoms with van der Waals surface area (Å²) in [7, 11) is 0. The first-order chi connectivity index (χ1) is 9.72. The Bertz CT molecular complexity index is 731. The Balaban J connectivity index is 1.97. The number of rotatable bonds is 3. The highest BCUT2D eigenvalue weighted by Gasteiger charge is 2.10. The van der Waals surface area contributed by atoms with Crippen LogP contribution in [0.15, 0.2) is 51.4 Å². The van der Waals surface area contributed by atoms with E-state index in [-0.39, 0.29) is 5.95 Å². The van der Waals surface area contributed by atoms with Crippen LogP contribution in [-0.4, -0.2) is 29.7 Å². The Kier molecular flexibility index (Phi) is 3.61. The third-order valence-corrected chi connectivity index (χ3v) is 4.03. The maximum absolute atomic E-state index is 5.71. The van der Waals surface area contributed by atoms with Gasteiger partial charge in [-0.05, 0) is 45.9 Å². The molecule has 0 fully saturated rings. The van der Waals surface area contributed by atoms with E-state index in [1.165, 1.54) is 16.4 Å². The summed E-state index contributed by atoms with van der Waals surface area (Å²) < 4.78 is 2.39. The van der Waals surface area contributed by atoms with Gasteiger partial charge in [0.2, 0.25) is 11.1 Å². The maximum atomic E-state index is 5.71. The summed E-state index contributed by atoms with van der Waals surface area (Å²) >= 11 is 4.72. The number of halogens is 1. The molecule has 0 aliphatic carbocycles. The van der Waals surface area contributed by atoms with Gasteiger partial charge >= 0.3 is 0 Å². The summed E-state index contributed by atoms with van der Waals surface area (Å²) in [5.74, 6) is 0.511. The van der Waals surface area contributed by atoms with E-state index in [4.69, 9.17) is 5.73 Å². The molecule has 3 aromatic rings. The molecule has 7 nitrogen and oxygen atoms in total. The molecule has 9 heteroatoms. The van der Waals surface area contributed by atoms with E-state index in [9.17, 15) is 0 Å². The molecule has 0 saturated heterocycles. The fraction of sp³-hybridized carbons (Fsp3) is 0. The standard InChI is InChI=1S/C11H8BrN7S/c12-7-3-1-4-14-8(7)20-11-17-9(13)16-10(18-11)19-6-2-5-15-19/h1-6H,(H2,13,16,17,18). The van der Waals surface area contributed by atoms with E-state index in [1.807, 2.05) is 12.1 Å². The van der Waals surface area contributed by atoms with E-state index in [1.54, 1.807) is 24.7 Å². The van der Waals surface area contributed by atoms with E-state index in [0.29, 0.717) is 11.1 Å². The molecule has 0 aromatic carbocycles. The summed E-state index contributed by atoms with van der Waals surface area (Å²) in [4.78, 5) is 16.7. The summed E-state index contributed by atoms with van der Waals surface area (Å²) in [6.07, 6.45) is 5.08.